The van der Waals surface area contributed by atoms with E-state index >= 15 is 0 Å². The summed E-state index contributed by atoms with van der Waals surface area (Å²) in [6.07, 6.45) is 2.44. The lowest BCUT2D eigenvalue weighted by molar-refractivity contribution is 0.0500. The predicted molar refractivity (Wildman–Crippen MR) is 124 cm³/mol. The van der Waals surface area contributed by atoms with Gasteiger partial charge in [-0.1, -0.05) is 51.1 Å². The first-order valence-electron chi connectivity index (χ1n) is 10.6. The van der Waals surface area contributed by atoms with E-state index < -0.39 is 11.9 Å². The Balaban J connectivity index is 2.00. The van der Waals surface area contributed by atoms with Crippen LogP contribution in [0.25, 0.3) is 5.57 Å². The van der Waals surface area contributed by atoms with Crippen molar-refractivity contribution >= 4 is 17.5 Å². The summed E-state index contributed by atoms with van der Waals surface area (Å²) in [5, 5.41) is 0. The van der Waals surface area contributed by atoms with E-state index in [-0.39, 0.29) is 5.41 Å². The lowest BCUT2D eigenvalue weighted by atomic mass is 9.88. The lowest BCUT2D eigenvalue weighted by Crippen LogP contribution is -2.08. The number of esters is 2. The molecule has 0 spiro atoms. The molecule has 0 N–H and O–H groups in total. The van der Waals surface area contributed by atoms with Gasteiger partial charge in [0.15, 0.2) is 0 Å². The van der Waals surface area contributed by atoms with Gasteiger partial charge in [0.25, 0.3) is 0 Å². The van der Waals surface area contributed by atoms with E-state index in [0.29, 0.717) is 24.2 Å². The summed E-state index contributed by atoms with van der Waals surface area (Å²) < 4.78 is 10.1. The topological polar surface area (TPSA) is 52.6 Å². The molecular weight excluding hydrogens is 388 g/mol. The van der Waals surface area contributed by atoms with Gasteiger partial charge in [-0.05, 0) is 67.0 Å². The number of methoxy groups -OCH3 is 1. The lowest BCUT2D eigenvalue weighted by Gasteiger charge is -2.17. The molecule has 0 amide bonds. The molecular formula is C27H32O4. The SMILES string of the molecule is COC(=O)c1ccc(C(=O)OCCCC(=C=C(C)CC(C)(C)C)c2ccccc2)cc1. The maximum absolute atomic E-state index is 12.3. The van der Waals surface area contributed by atoms with E-state index in [4.69, 9.17) is 4.74 Å². The fourth-order valence-electron chi connectivity index (χ4n) is 3.37. The number of hydrogen-bond acceptors (Lipinski definition) is 4. The Kier molecular flexibility index (Phi) is 8.84. The first kappa shape index (κ1) is 24.2. The molecule has 2 rings (SSSR count). The molecule has 0 saturated carbocycles. The van der Waals surface area contributed by atoms with Gasteiger partial charge in [0.1, 0.15) is 0 Å². The van der Waals surface area contributed by atoms with Crippen molar-refractivity contribution in [2.75, 3.05) is 13.7 Å². The highest BCUT2D eigenvalue weighted by atomic mass is 16.5. The van der Waals surface area contributed by atoms with Crippen LogP contribution >= 0.6 is 0 Å². The summed E-state index contributed by atoms with van der Waals surface area (Å²) in [6, 6.07) is 16.5. The largest absolute Gasteiger partial charge is 0.465 e. The Labute approximate surface area is 185 Å². The summed E-state index contributed by atoms with van der Waals surface area (Å²) in [5.74, 6) is -0.837. The van der Waals surface area contributed by atoms with Gasteiger partial charge < -0.3 is 9.47 Å². The molecule has 0 aromatic heterocycles. The molecule has 0 atom stereocenters. The van der Waals surface area contributed by atoms with Gasteiger partial charge >= 0.3 is 11.9 Å². The molecule has 0 aliphatic heterocycles. The number of allylic oxidation sites excluding steroid dienone is 1. The van der Waals surface area contributed by atoms with Crippen LogP contribution in [0.3, 0.4) is 0 Å². The van der Waals surface area contributed by atoms with Gasteiger partial charge in [0.2, 0.25) is 0 Å². The van der Waals surface area contributed by atoms with Crippen LogP contribution in [0.1, 0.15) is 73.2 Å². The Hall–Kier alpha value is -3.10. The van der Waals surface area contributed by atoms with Crippen LogP contribution in [0.2, 0.25) is 0 Å². The van der Waals surface area contributed by atoms with Crippen LogP contribution in [-0.4, -0.2) is 25.7 Å². The third-order valence-corrected chi connectivity index (χ3v) is 4.63. The van der Waals surface area contributed by atoms with Gasteiger partial charge in [-0.15, -0.1) is 5.73 Å². The van der Waals surface area contributed by atoms with Crippen molar-refractivity contribution in [2.45, 2.75) is 47.0 Å². The molecule has 0 aliphatic carbocycles. The monoisotopic (exact) mass is 420 g/mol. The minimum atomic E-state index is -0.435. The first-order valence-corrected chi connectivity index (χ1v) is 10.6. The number of carbonyl (C=O) groups is 2. The summed E-state index contributed by atoms with van der Waals surface area (Å²) in [4.78, 5) is 23.8. The summed E-state index contributed by atoms with van der Waals surface area (Å²) in [5.41, 5.74) is 8.08. The second-order valence-electron chi connectivity index (χ2n) is 8.80. The van der Waals surface area contributed by atoms with Crippen molar-refractivity contribution in [3.05, 3.63) is 82.6 Å². The van der Waals surface area contributed by atoms with Gasteiger partial charge in [0.05, 0.1) is 24.8 Å². The smallest absolute Gasteiger partial charge is 0.338 e. The first-order chi connectivity index (χ1) is 14.7. The molecule has 4 heteroatoms. The highest BCUT2D eigenvalue weighted by molar-refractivity contribution is 5.93. The third kappa shape index (κ3) is 8.27. The fraction of sp³-hybridized carbons (Fsp3) is 0.370. The van der Waals surface area contributed by atoms with Crippen LogP contribution in [0.15, 0.2) is 65.9 Å². The van der Waals surface area contributed by atoms with Crippen LogP contribution in [0.4, 0.5) is 0 Å². The van der Waals surface area contributed by atoms with Crippen LogP contribution < -0.4 is 0 Å². The molecule has 2 aromatic carbocycles. The molecule has 0 unspecified atom stereocenters. The molecule has 0 radical (unpaired) electrons. The fourth-order valence-corrected chi connectivity index (χ4v) is 3.37. The maximum atomic E-state index is 12.3. The van der Waals surface area contributed by atoms with Crippen molar-refractivity contribution in [2.24, 2.45) is 5.41 Å². The molecule has 2 aromatic rings. The highest BCUT2D eigenvalue weighted by Crippen LogP contribution is 2.25. The van der Waals surface area contributed by atoms with E-state index in [0.717, 1.165) is 24.0 Å². The molecule has 0 fully saturated rings. The third-order valence-electron chi connectivity index (χ3n) is 4.63. The van der Waals surface area contributed by atoms with Gasteiger partial charge in [-0.2, -0.15) is 0 Å². The molecule has 0 aliphatic rings. The Morgan fingerprint density at radius 1 is 0.871 bits per heavy atom. The zero-order valence-corrected chi connectivity index (χ0v) is 19.2. The zero-order chi connectivity index (χ0) is 22.9. The minimum Gasteiger partial charge on any atom is -0.465 e. The van der Waals surface area contributed by atoms with Crippen LogP contribution in [-0.2, 0) is 9.47 Å². The van der Waals surface area contributed by atoms with Crippen molar-refractivity contribution in [1.29, 1.82) is 0 Å². The van der Waals surface area contributed by atoms with Crippen molar-refractivity contribution < 1.29 is 19.1 Å². The quantitative estimate of drug-likeness (QED) is 0.279. The molecule has 4 nitrogen and oxygen atoms in total. The van der Waals surface area contributed by atoms with E-state index in [2.05, 4.69) is 50.3 Å². The highest BCUT2D eigenvalue weighted by Gasteiger charge is 2.12. The summed E-state index contributed by atoms with van der Waals surface area (Å²) in [6.45, 7) is 9.09. The minimum absolute atomic E-state index is 0.206. The Bertz CT molecular complexity index is 941. The predicted octanol–water partition coefficient (Wildman–Crippen LogP) is 6.48. The Morgan fingerprint density at radius 3 is 2.00 bits per heavy atom. The van der Waals surface area contributed by atoms with Crippen molar-refractivity contribution in [1.82, 2.24) is 0 Å². The molecule has 0 saturated heterocycles. The van der Waals surface area contributed by atoms with Crippen molar-refractivity contribution in [3.8, 4) is 0 Å². The average Bonchev–Trinajstić information content (AvgIpc) is 2.74. The van der Waals surface area contributed by atoms with Crippen LogP contribution in [0.5, 0.6) is 0 Å². The normalized spacial score (nSPS) is 10.7. The number of benzene rings is 2. The number of ether oxygens (including phenoxy) is 2. The number of carbonyl (C=O) groups excluding carboxylic acids is 2. The van der Waals surface area contributed by atoms with Crippen LogP contribution in [0, 0.1) is 5.41 Å². The standard InChI is InChI=1S/C27H32O4/c1-20(19-27(2,3)4)18-24(21-10-7-6-8-11-21)12-9-17-31-26(29)23-15-13-22(14-16-23)25(28)30-5/h6-8,10-11,13-16H,9,12,17,19H2,1-5H3. The molecule has 0 heterocycles. The van der Waals surface area contributed by atoms with Crippen molar-refractivity contribution in [3.63, 3.8) is 0 Å². The van der Waals surface area contributed by atoms with Gasteiger partial charge in [-0.3, -0.25) is 0 Å². The van der Waals surface area contributed by atoms with E-state index in [1.807, 2.05) is 18.2 Å². The van der Waals surface area contributed by atoms with E-state index in [1.165, 1.54) is 12.7 Å². The number of rotatable bonds is 8. The Morgan fingerprint density at radius 2 is 1.45 bits per heavy atom. The second-order valence-corrected chi connectivity index (χ2v) is 8.80. The summed E-state index contributed by atoms with van der Waals surface area (Å²) >= 11 is 0. The maximum Gasteiger partial charge on any atom is 0.338 e. The van der Waals surface area contributed by atoms with Gasteiger partial charge in [0, 0.05) is 5.57 Å². The van der Waals surface area contributed by atoms with Gasteiger partial charge in [-0.25, -0.2) is 9.59 Å². The van der Waals surface area contributed by atoms with E-state index in [1.54, 1.807) is 24.3 Å². The number of hydrogen-bond donors (Lipinski definition) is 0. The zero-order valence-electron chi connectivity index (χ0n) is 19.2. The molecule has 164 valence electrons. The average molecular weight is 421 g/mol. The summed E-state index contributed by atoms with van der Waals surface area (Å²) in [7, 11) is 1.32. The second kappa shape index (κ2) is 11.3. The molecule has 31 heavy (non-hydrogen) atoms. The molecule has 0 bridgehead atoms. The van der Waals surface area contributed by atoms with E-state index in [9.17, 15) is 9.59 Å².